The fourth-order valence-corrected chi connectivity index (χ4v) is 2.31. The number of carbonyl (C=O) groups is 4. The molecule has 0 unspecified atom stereocenters. The van der Waals surface area contributed by atoms with Crippen molar-refractivity contribution in [1.82, 2.24) is 4.90 Å². The van der Waals surface area contributed by atoms with Gasteiger partial charge in [-0.1, -0.05) is 0 Å². The maximum atomic E-state index is 11.8. The number of imide groups is 1. The first-order valence-electron chi connectivity index (χ1n) is 9.58. The Labute approximate surface area is 169 Å². The molecule has 164 valence electrons. The molecule has 0 fully saturated rings. The van der Waals surface area contributed by atoms with E-state index >= 15 is 0 Å². The number of carbonyl (C=O) groups excluding carboxylic acids is 3. The summed E-state index contributed by atoms with van der Waals surface area (Å²) >= 11 is 0. The van der Waals surface area contributed by atoms with E-state index in [2.05, 4.69) is 0 Å². The van der Waals surface area contributed by atoms with E-state index in [9.17, 15) is 19.2 Å². The molecule has 10 heteroatoms. The summed E-state index contributed by atoms with van der Waals surface area (Å²) in [5.74, 6) is -1.65. The molecule has 0 radical (unpaired) electrons. The van der Waals surface area contributed by atoms with E-state index in [1.54, 1.807) is 0 Å². The minimum absolute atomic E-state index is 0.0126. The number of aliphatic carboxylic acids is 1. The van der Waals surface area contributed by atoms with E-state index in [1.165, 1.54) is 12.2 Å². The minimum atomic E-state index is -0.890. The highest BCUT2D eigenvalue weighted by atomic mass is 16.6. The zero-order valence-electron chi connectivity index (χ0n) is 16.5. The number of carboxylic acids is 1. The molecule has 1 N–H and O–H groups in total. The van der Waals surface area contributed by atoms with Crippen LogP contribution in [0.1, 0.15) is 25.7 Å². The Bertz CT molecular complexity index is 544. The molecule has 0 saturated carbocycles. The van der Waals surface area contributed by atoms with Crippen molar-refractivity contribution >= 4 is 23.6 Å². The van der Waals surface area contributed by atoms with Crippen molar-refractivity contribution in [2.45, 2.75) is 25.7 Å². The second-order valence-electron chi connectivity index (χ2n) is 6.15. The van der Waals surface area contributed by atoms with Crippen LogP contribution in [0.15, 0.2) is 12.2 Å². The first kappa shape index (κ1) is 24.9. The molecule has 1 aliphatic rings. The molecule has 0 atom stereocenters. The normalized spacial score (nSPS) is 13.4. The van der Waals surface area contributed by atoms with Crippen LogP contribution in [-0.4, -0.2) is 93.0 Å². The summed E-state index contributed by atoms with van der Waals surface area (Å²) in [6, 6.07) is 0. The van der Waals surface area contributed by atoms with Crippen LogP contribution in [0.2, 0.25) is 0 Å². The smallest absolute Gasteiger partial charge is 0.305 e. The number of hydrogen-bond acceptors (Lipinski definition) is 8. The molecule has 0 spiro atoms. The van der Waals surface area contributed by atoms with Crippen LogP contribution in [0.25, 0.3) is 0 Å². The molecule has 1 rings (SSSR count). The quantitative estimate of drug-likeness (QED) is 0.232. The molecule has 10 nitrogen and oxygen atoms in total. The Morgan fingerprint density at radius 1 is 0.724 bits per heavy atom. The molecule has 0 aromatic heterocycles. The summed E-state index contributed by atoms with van der Waals surface area (Å²) in [6.45, 7) is 3.10. The van der Waals surface area contributed by atoms with E-state index in [4.69, 9.17) is 24.1 Å². The summed E-state index contributed by atoms with van der Waals surface area (Å²) in [6.07, 6.45) is 3.46. The predicted molar refractivity (Wildman–Crippen MR) is 100 cm³/mol. The summed E-state index contributed by atoms with van der Waals surface area (Å²) < 4.78 is 21.0. The molecule has 2 amide bonds. The van der Waals surface area contributed by atoms with Crippen LogP contribution in [0, 0.1) is 0 Å². The van der Waals surface area contributed by atoms with Gasteiger partial charge in [0.05, 0.1) is 52.7 Å². The van der Waals surface area contributed by atoms with Gasteiger partial charge in [-0.3, -0.25) is 24.1 Å². The van der Waals surface area contributed by atoms with Crippen LogP contribution in [0.4, 0.5) is 0 Å². The average Bonchev–Trinajstić information content (AvgIpc) is 3.00. The first-order chi connectivity index (χ1) is 14.0. The molecule has 0 aromatic carbocycles. The average molecular weight is 415 g/mol. The Kier molecular flexibility index (Phi) is 13.5. The topological polar surface area (TPSA) is 129 Å². The number of rotatable bonds is 19. The van der Waals surface area contributed by atoms with Crippen LogP contribution in [0.3, 0.4) is 0 Å². The lowest BCUT2D eigenvalue weighted by atomic mass is 10.1. The third kappa shape index (κ3) is 12.8. The Morgan fingerprint density at radius 2 is 1.21 bits per heavy atom. The Hall–Kier alpha value is -2.14. The van der Waals surface area contributed by atoms with Gasteiger partial charge >= 0.3 is 5.97 Å². The van der Waals surface area contributed by atoms with E-state index in [0.717, 1.165) is 4.90 Å². The number of carboxylic acid groups (broad SMARTS) is 1. The van der Waals surface area contributed by atoms with Gasteiger partial charge in [0.25, 0.3) is 11.8 Å². The van der Waals surface area contributed by atoms with Crippen LogP contribution in [-0.2, 0) is 38.1 Å². The maximum Gasteiger partial charge on any atom is 0.305 e. The lowest BCUT2D eigenvalue weighted by molar-refractivity contribution is -0.139. The van der Waals surface area contributed by atoms with E-state index < -0.39 is 5.97 Å². The molecule has 0 bridgehead atoms. The van der Waals surface area contributed by atoms with Gasteiger partial charge in [0.2, 0.25) is 0 Å². The third-order valence-corrected chi connectivity index (χ3v) is 3.84. The fraction of sp³-hybridized carbons (Fsp3) is 0.684. The van der Waals surface area contributed by atoms with Gasteiger partial charge in [-0.15, -0.1) is 0 Å². The second-order valence-corrected chi connectivity index (χ2v) is 6.15. The van der Waals surface area contributed by atoms with E-state index in [0.29, 0.717) is 59.1 Å². The Morgan fingerprint density at radius 3 is 1.72 bits per heavy atom. The van der Waals surface area contributed by atoms with Crippen molar-refractivity contribution in [2.75, 3.05) is 59.4 Å². The van der Waals surface area contributed by atoms with Gasteiger partial charge in [-0.05, 0) is 6.42 Å². The van der Waals surface area contributed by atoms with Crippen molar-refractivity contribution < 1.29 is 43.2 Å². The summed E-state index contributed by atoms with van der Waals surface area (Å²) in [5, 5.41) is 8.43. The third-order valence-electron chi connectivity index (χ3n) is 3.84. The lowest BCUT2D eigenvalue weighted by Gasteiger charge is -2.12. The molecule has 1 aliphatic heterocycles. The highest BCUT2D eigenvalue weighted by Crippen LogP contribution is 2.06. The van der Waals surface area contributed by atoms with Crippen LogP contribution < -0.4 is 0 Å². The van der Waals surface area contributed by atoms with Gasteiger partial charge in [0.15, 0.2) is 0 Å². The number of amides is 2. The zero-order chi connectivity index (χ0) is 21.3. The molecule has 1 heterocycles. The highest BCUT2D eigenvalue weighted by Gasteiger charge is 2.23. The Balaban J connectivity index is 1.79. The number of ether oxygens (including phenoxy) is 4. The maximum absolute atomic E-state index is 11.8. The summed E-state index contributed by atoms with van der Waals surface area (Å²) in [5.41, 5.74) is 0. The summed E-state index contributed by atoms with van der Waals surface area (Å²) in [7, 11) is 0. The van der Waals surface area contributed by atoms with Gasteiger partial charge in [-0.25, -0.2) is 0 Å². The highest BCUT2D eigenvalue weighted by molar-refractivity contribution is 6.13. The molecular formula is C19H29NO9. The minimum Gasteiger partial charge on any atom is -0.481 e. The van der Waals surface area contributed by atoms with Crippen LogP contribution >= 0.6 is 0 Å². The first-order valence-corrected chi connectivity index (χ1v) is 9.58. The van der Waals surface area contributed by atoms with Crippen molar-refractivity contribution in [3.63, 3.8) is 0 Å². The number of hydrogen-bond donors (Lipinski definition) is 1. The lowest BCUT2D eigenvalue weighted by Crippen LogP contribution is -2.32. The van der Waals surface area contributed by atoms with Gasteiger partial charge in [0.1, 0.15) is 5.78 Å². The fourth-order valence-electron chi connectivity index (χ4n) is 2.31. The SMILES string of the molecule is O=C(O)CCOCCOCCOCCOCCCC(=O)CCN1C(=O)C=CC1=O. The van der Waals surface area contributed by atoms with E-state index in [-0.39, 0.29) is 43.6 Å². The summed E-state index contributed by atoms with van der Waals surface area (Å²) in [4.78, 5) is 45.8. The van der Waals surface area contributed by atoms with Crippen molar-refractivity contribution in [3.05, 3.63) is 12.2 Å². The van der Waals surface area contributed by atoms with Gasteiger partial charge in [0, 0.05) is 38.1 Å². The standard InChI is InChI=1S/C19H29NO9/c21-16(5-7-20-17(22)3-4-18(20)23)2-1-8-26-10-12-28-14-15-29-13-11-27-9-6-19(24)25/h3-4H,1-2,5-15H2,(H,24,25). The molecular weight excluding hydrogens is 386 g/mol. The van der Waals surface area contributed by atoms with Crippen LogP contribution in [0.5, 0.6) is 0 Å². The predicted octanol–water partition coefficient (Wildman–Crippen LogP) is 0.192. The van der Waals surface area contributed by atoms with Gasteiger partial charge < -0.3 is 24.1 Å². The number of nitrogens with zero attached hydrogens (tertiary/aromatic N) is 1. The molecule has 29 heavy (non-hydrogen) atoms. The van der Waals surface area contributed by atoms with Crippen molar-refractivity contribution in [3.8, 4) is 0 Å². The molecule has 0 saturated heterocycles. The number of Topliss-reactive ketones (excluding diaryl/α,β-unsaturated/α-hetero) is 1. The van der Waals surface area contributed by atoms with Gasteiger partial charge in [-0.2, -0.15) is 0 Å². The largest absolute Gasteiger partial charge is 0.481 e. The monoisotopic (exact) mass is 415 g/mol. The zero-order valence-corrected chi connectivity index (χ0v) is 16.5. The molecule has 0 aromatic rings. The second kappa shape index (κ2) is 15.7. The van der Waals surface area contributed by atoms with E-state index in [1.807, 2.05) is 0 Å². The number of ketones is 1. The molecule has 0 aliphatic carbocycles. The van der Waals surface area contributed by atoms with Crippen molar-refractivity contribution in [1.29, 1.82) is 0 Å². The van der Waals surface area contributed by atoms with Crippen molar-refractivity contribution in [2.24, 2.45) is 0 Å².